The van der Waals surface area contributed by atoms with E-state index >= 15 is 0 Å². The number of hydrogen-bond acceptors (Lipinski definition) is 5. The molecule has 8 heteroatoms. The molecule has 2 amide bonds. The van der Waals surface area contributed by atoms with Crippen LogP contribution in [-0.2, 0) is 9.59 Å². The van der Waals surface area contributed by atoms with Gasteiger partial charge in [0.25, 0.3) is 0 Å². The summed E-state index contributed by atoms with van der Waals surface area (Å²) >= 11 is 6.21. The normalized spacial score (nSPS) is 18.1. The minimum absolute atomic E-state index is 0.00517. The Morgan fingerprint density at radius 1 is 1.29 bits per heavy atom. The van der Waals surface area contributed by atoms with Crippen LogP contribution in [0.15, 0.2) is 42.7 Å². The molecule has 2 aromatic rings. The van der Waals surface area contributed by atoms with E-state index in [1.165, 1.54) is 0 Å². The van der Waals surface area contributed by atoms with E-state index in [1.807, 2.05) is 44.2 Å². The second kappa shape index (κ2) is 10.2. The molecule has 2 heterocycles. The Hall–Kier alpha value is -2.48. The largest absolute Gasteiger partial charge is 0.394 e. The summed E-state index contributed by atoms with van der Waals surface area (Å²) in [6.45, 7) is 4.03. The summed E-state index contributed by atoms with van der Waals surface area (Å²) in [6, 6.07) is 7.52. The van der Waals surface area contributed by atoms with Crippen LogP contribution in [0, 0.1) is 5.92 Å². The van der Waals surface area contributed by atoms with E-state index in [-0.39, 0.29) is 24.3 Å². The van der Waals surface area contributed by atoms with Gasteiger partial charge < -0.3 is 21.1 Å². The maximum absolute atomic E-state index is 12.9. The molecule has 1 fully saturated rings. The number of aliphatic hydroxyl groups excluding tert-OH is 1. The Kier molecular flexibility index (Phi) is 7.64. The van der Waals surface area contributed by atoms with Crippen LogP contribution in [0.1, 0.15) is 38.3 Å². The lowest BCUT2D eigenvalue weighted by Gasteiger charge is -2.29. The Morgan fingerprint density at radius 2 is 2.00 bits per heavy atom. The van der Waals surface area contributed by atoms with E-state index in [2.05, 4.69) is 10.3 Å². The number of carbonyl (C=O) groups excluding carboxylic acids is 2. The molecule has 1 aliphatic rings. The van der Waals surface area contributed by atoms with Crippen molar-refractivity contribution in [2.24, 2.45) is 11.7 Å². The third-order valence-electron chi connectivity index (χ3n) is 5.74. The summed E-state index contributed by atoms with van der Waals surface area (Å²) in [6.07, 6.45) is 4.59. The number of hydrogen-bond donors (Lipinski definition) is 3. The average molecular weight is 445 g/mol. The number of nitrogens with one attached hydrogen (secondary N) is 1. The number of halogens is 1. The molecule has 31 heavy (non-hydrogen) atoms. The predicted octanol–water partition coefficient (Wildman–Crippen LogP) is 2.53. The fourth-order valence-electron chi connectivity index (χ4n) is 3.79. The van der Waals surface area contributed by atoms with Crippen molar-refractivity contribution in [1.82, 2.24) is 15.2 Å². The highest BCUT2D eigenvalue weighted by Crippen LogP contribution is 2.28. The highest BCUT2D eigenvalue weighted by atomic mass is 35.5. The van der Waals surface area contributed by atoms with Crippen molar-refractivity contribution in [3.05, 3.63) is 53.3 Å². The zero-order valence-electron chi connectivity index (χ0n) is 17.8. The van der Waals surface area contributed by atoms with Crippen LogP contribution in [0.3, 0.4) is 0 Å². The predicted molar refractivity (Wildman–Crippen MR) is 120 cm³/mol. The van der Waals surface area contributed by atoms with Gasteiger partial charge in [-0.05, 0) is 36.0 Å². The lowest BCUT2D eigenvalue weighted by molar-refractivity contribution is -0.140. The zero-order chi connectivity index (χ0) is 22.5. The minimum atomic E-state index is -0.630. The lowest BCUT2D eigenvalue weighted by atomic mass is 10.0. The molecule has 3 atom stereocenters. The summed E-state index contributed by atoms with van der Waals surface area (Å²) in [7, 11) is 0. The number of aliphatic hydroxyl groups is 1. The van der Waals surface area contributed by atoms with Crippen molar-refractivity contribution < 1.29 is 14.7 Å². The van der Waals surface area contributed by atoms with Crippen LogP contribution in [0.5, 0.6) is 0 Å². The molecular weight excluding hydrogens is 416 g/mol. The van der Waals surface area contributed by atoms with E-state index in [1.54, 1.807) is 17.3 Å². The van der Waals surface area contributed by atoms with E-state index in [9.17, 15) is 14.7 Å². The third-order valence-corrected chi connectivity index (χ3v) is 6.04. The van der Waals surface area contributed by atoms with Gasteiger partial charge in [-0.15, -0.1) is 0 Å². The van der Waals surface area contributed by atoms with E-state index in [0.29, 0.717) is 18.0 Å². The van der Waals surface area contributed by atoms with Gasteiger partial charge in [0.15, 0.2) is 0 Å². The van der Waals surface area contributed by atoms with Crippen LogP contribution >= 0.6 is 11.6 Å². The summed E-state index contributed by atoms with van der Waals surface area (Å²) in [5.74, 6) is -0.483. The number of rotatable bonds is 7. The standard InChI is InChI=1S/C23H29ClN4O3/c1-14(2)21(25)23(31)28-11-3-4-20(28)22(30)27-19(13-29)16-7-5-15(6-8-16)17-9-10-26-12-18(17)24/h5-10,12,14,19-21,29H,3-4,11,13,25H2,1-2H3,(H,27,30). The Balaban J connectivity index is 1.71. The second-order valence-electron chi connectivity index (χ2n) is 8.18. The van der Waals surface area contributed by atoms with Crippen molar-refractivity contribution in [3.8, 4) is 11.1 Å². The van der Waals surface area contributed by atoms with Gasteiger partial charge in [0.05, 0.1) is 23.7 Å². The SMILES string of the molecule is CC(C)C(N)C(=O)N1CCCC1C(=O)NC(CO)c1ccc(-c2ccncc2Cl)cc1. The van der Waals surface area contributed by atoms with E-state index < -0.39 is 18.1 Å². The Morgan fingerprint density at radius 3 is 2.61 bits per heavy atom. The monoisotopic (exact) mass is 444 g/mol. The number of likely N-dealkylation sites (tertiary alicyclic amines) is 1. The molecule has 1 saturated heterocycles. The summed E-state index contributed by atoms with van der Waals surface area (Å²) < 4.78 is 0. The summed E-state index contributed by atoms with van der Waals surface area (Å²) in [5, 5.41) is 13.3. The molecule has 0 radical (unpaired) electrons. The Labute approximate surface area is 187 Å². The average Bonchev–Trinajstić information content (AvgIpc) is 3.27. The molecule has 166 valence electrons. The number of carbonyl (C=O) groups is 2. The Bertz CT molecular complexity index is 919. The van der Waals surface area contributed by atoms with Gasteiger partial charge >= 0.3 is 0 Å². The van der Waals surface area contributed by atoms with Gasteiger partial charge in [-0.1, -0.05) is 49.7 Å². The molecule has 4 N–H and O–H groups in total. The molecule has 1 aliphatic heterocycles. The van der Waals surface area contributed by atoms with Crippen LogP contribution in [0.4, 0.5) is 0 Å². The maximum Gasteiger partial charge on any atom is 0.243 e. The molecule has 1 aromatic carbocycles. The lowest BCUT2D eigenvalue weighted by Crippen LogP contribution is -2.53. The smallest absolute Gasteiger partial charge is 0.243 e. The van der Waals surface area contributed by atoms with E-state index in [0.717, 1.165) is 23.1 Å². The second-order valence-corrected chi connectivity index (χ2v) is 8.59. The molecular formula is C23H29ClN4O3. The van der Waals surface area contributed by atoms with Crippen molar-refractivity contribution in [3.63, 3.8) is 0 Å². The number of aromatic nitrogens is 1. The first-order chi connectivity index (χ1) is 14.8. The zero-order valence-corrected chi connectivity index (χ0v) is 18.5. The van der Waals surface area contributed by atoms with Crippen molar-refractivity contribution in [2.75, 3.05) is 13.2 Å². The van der Waals surface area contributed by atoms with Gasteiger partial charge in [-0.3, -0.25) is 14.6 Å². The molecule has 3 rings (SSSR count). The minimum Gasteiger partial charge on any atom is -0.394 e. The van der Waals surface area contributed by atoms with E-state index in [4.69, 9.17) is 17.3 Å². The van der Waals surface area contributed by atoms with Crippen molar-refractivity contribution >= 4 is 23.4 Å². The quantitative estimate of drug-likeness (QED) is 0.608. The van der Waals surface area contributed by atoms with Crippen LogP contribution in [-0.4, -0.2) is 52.0 Å². The van der Waals surface area contributed by atoms with Crippen LogP contribution in [0.2, 0.25) is 5.02 Å². The molecule has 0 spiro atoms. The van der Waals surface area contributed by atoms with Gasteiger partial charge in [0, 0.05) is 24.5 Å². The molecule has 0 aliphatic carbocycles. The van der Waals surface area contributed by atoms with Gasteiger partial charge in [0.1, 0.15) is 6.04 Å². The molecule has 3 unspecified atom stereocenters. The third kappa shape index (κ3) is 5.23. The highest BCUT2D eigenvalue weighted by Gasteiger charge is 2.37. The van der Waals surface area contributed by atoms with Gasteiger partial charge in [-0.25, -0.2) is 0 Å². The van der Waals surface area contributed by atoms with Crippen molar-refractivity contribution in [1.29, 1.82) is 0 Å². The molecule has 7 nitrogen and oxygen atoms in total. The topological polar surface area (TPSA) is 109 Å². The fraction of sp³-hybridized carbons (Fsp3) is 0.435. The van der Waals surface area contributed by atoms with Gasteiger partial charge in [-0.2, -0.15) is 0 Å². The molecule has 0 saturated carbocycles. The first-order valence-electron chi connectivity index (χ1n) is 10.5. The number of amides is 2. The number of benzene rings is 1. The van der Waals surface area contributed by atoms with Crippen LogP contribution in [0.25, 0.3) is 11.1 Å². The summed E-state index contributed by atoms with van der Waals surface area (Å²) in [4.78, 5) is 31.2. The number of nitrogens with zero attached hydrogens (tertiary/aromatic N) is 2. The highest BCUT2D eigenvalue weighted by molar-refractivity contribution is 6.33. The fourth-order valence-corrected chi connectivity index (χ4v) is 4.01. The number of nitrogens with two attached hydrogens (primary N) is 1. The maximum atomic E-state index is 12.9. The summed E-state index contributed by atoms with van der Waals surface area (Å²) in [5.41, 5.74) is 8.55. The first-order valence-corrected chi connectivity index (χ1v) is 10.9. The molecule has 1 aromatic heterocycles. The first kappa shape index (κ1) is 23.2. The number of pyridine rings is 1. The molecule has 0 bridgehead atoms. The van der Waals surface area contributed by atoms with Crippen molar-refractivity contribution in [2.45, 2.75) is 44.8 Å². The van der Waals surface area contributed by atoms with Crippen LogP contribution < -0.4 is 11.1 Å². The van der Waals surface area contributed by atoms with Gasteiger partial charge in [0.2, 0.25) is 11.8 Å².